The summed E-state index contributed by atoms with van der Waals surface area (Å²) in [7, 11) is 1.18. The van der Waals surface area contributed by atoms with Crippen LogP contribution in [0.3, 0.4) is 0 Å². The second kappa shape index (κ2) is 29.5. The van der Waals surface area contributed by atoms with Gasteiger partial charge in [-0.05, 0) is 6.42 Å². The number of esters is 1. The van der Waals surface area contributed by atoms with Crippen LogP contribution >= 0.6 is 0 Å². The number of aryl methyl sites for hydroxylation is 1. The normalized spacial score (nSPS) is 11.2. The number of carbonyl (C=O) groups excluding carboxylic acids is 3. The van der Waals surface area contributed by atoms with Gasteiger partial charge in [0.15, 0.2) is 18.5 Å². The lowest BCUT2D eigenvalue weighted by molar-refractivity contribution is -0.697. The maximum atomic E-state index is 12.1. The van der Waals surface area contributed by atoms with Crippen LogP contribution in [-0.4, -0.2) is 51.2 Å². The van der Waals surface area contributed by atoms with E-state index in [1.165, 1.54) is 97.0 Å². The number of carbonyl (C=O) groups is 3. The topological polar surface area (TPSA) is 104 Å². The van der Waals surface area contributed by atoms with Crippen LogP contribution in [0.1, 0.15) is 122 Å². The number of rotatable bonds is 26. The quantitative estimate of drug-likeness (QED) is 0.0700. The molecule has 0 aliphatic carbocycles. The standard InChI is InChI=1S/C33H56N2O7.ClH/c1-3-4-5-6-7-8-9-10-11-12-13-14-15-16-17-19-24-34-32(37)41-29-30(42-33(38)39-2)28-40-31(36)23-22-27-35-25-20-18-21-26-35;/h18,20-21,25-26,30H,3-17,19,22-24,27-29H2,1-2H3;1H/t30-;/m1./s1. The molecule has 0 fully saturated rings. The molecule has 10 heteroatoms. The first-order valence-electron chi connectivity index (χ1n) is 16.3. The number of pyridine rings is 1. The molecule has 1 N–H and O–H groups in total. The molecule has 1 aromatic heterocycles. The fraction of sp³-hybridized carbons (Fsp3) is 0.758. The molecule has 1 amide bonds. The Kier molecular flexibility index (Phi) is 27.8. The SMILES string of the molecule is CCCCCCCCCCCCCCCCCCNC(=O)OC[C@@H](COC(=O)CCC[n+]1ccccc1)OC(=O)OC.[Cl-]. The molecular weight excluding hydrogens is 572 g/mol. The molecule has 0 saturated carbocycles. The third-order valence-electron chi connectivity index (χ3n) is 7.13. The zero-order valence-corrected chi connectivity index (χ0v) is 27.5. The van der Waals surface area contributed by atoms with Gasteiger partial charge in [-0.15, -0.1) is 0 Å². The Morgan fingerprint density at radius 1 is 0.698 bits per heavy atom. The largest absolute Gasteiger partial charge is 1.00 e. The van der Waals surface area contributed by atoms with Crippen LogP contribution in [0.25, 0.3) is 0 Å². The fourth-order valence-electron chi connectivity index (χ4n) is 4.63. The van der Waals surface area contributed by atoms with Gasteiger partial charge in [-0.1, -0.05) is 109 Å². The molecule has 0 aromatic carbocycles. The van der Waals surface area contributed by atoms with Gasteiger partial charge < -0.3 is 36.7 Å². The van der Waals surface area contributed by atoms with Crippen molar-refractivity contribution in [2.45, 2.75) is 135 Å². The predicted molar refractivity (Wildman–Crippen MR) is 163 cm³/mol. The van der Waals surface area contributed by atoms with E-state index in [2.05, 4.69) is 17.0 Å². The van der Waals surface area contributed by atoms with Gasteiger partial charge in [0.25, 0.3) is 0 Å². The highest BCUT2D eigenvalue weighted by molar-refractivity contribution is 5.69. The lowest BCUT2D eigenvalue weighted by atomic mass is 10.0. The second-order valence-corrected chi connectivity index (χ2v) is 10.9. The Morgan fingerprint density at radius 3 is 1.74 bits per heavy atom. The third-order valence-corrected chi connectivity index (χ3v) is 7.13. The van der Waals surface area contributed by atoms with E-state index in [1.54, 1.807) is 0 Å². The Labute approximate surface area is 266 Å². The van der Waals surface area contributed by atoms with Crippen molar-refractivity contribution in [1.82, 2.24) is 5.32 Å². The number of hydrogen-bond donors (Lipinski definition) is 1. The molecule has 0 spiro atoms. The van der Waals surface area contributed by atoms with E-state index < -0.39 is 24.3 Å². The van der Waals surface area contributed by atoms with Gasteiger partial charge >= 0.3 is 18.2 Å². The van der Waals surface area contributed by atoms with Crippen molar-refractivity contribution in [3.8, 4) is 0 Å². The average molecular weight is 629 g/mol. The second-order valence-electron chi connectivity index (χ2n) is 10.9. The highest BCUT2D eigenvalue weighted by Gasteiger charge is 2.20. The molecule has 0 radical (unpaired) electrons. The summed E-state index contributed by atoms with van der Waals surface area (Å²) in [6.45, 7) is 3.00. The van der Waals surface area contributed by atoms with Gasteiger partial charge in [-0.25, -0.2) is 14.2 Å². The molecule has 0 unspecified atom stereocenters. The number of alkyl carbamates (subject to hydrolysis) is 1. The van der Waals surface area contributed by atoms with E-state index in [0.717, 1.165) is 12.8 Å². The van der Waals surface area contributed by atoms with Crippen molar-refractivity contribution >= 4 is 18.2 Å². The van der Waals surface area contributed by atoms with Gasteiger partial charge in [-0.2, -0.15) is 0 Å². The van der Waals surface area contributed by atoms with Crippen LogP contribution in [0.5, 0.6) is 0 Å². The van der Waals surface area contributed by atoms with Crippen molar-refractivity contribution in [3.63, 3.8) is 0 Å². The van der Waals surface area contributed by atoms with Crippen LogP contribution in [0.4, 0.5) is 9.59 Å². The van der Waals surface area contributed by atoms with Gasteiger partial charge in [0, 0.05) is 25.1 Å². The Balaban J connectivity index is 0.0000176. The van der Waals surface area contributed by atoms with E-state index in [-0.39, 0.29) is 32.0 Å². The average Bonchev–Trinajstić information content (AvgIpc) is 3.00. The zero-order chi connectivity index (χ0) is 30.5. The van der Waals surface area contributed by atoms with Crippen molar-refractivity contribution < 1.29 is 50.3 Å². The first-order chi connectivity index (χ1) is 20.5. The van der Waals surface area contributed by atoms with E-state index in [0.29, 0.717) is 19.5 Å². The minimum absolute atomic E-state index is 0. The molecule has 0 saturated heterocycles. The third kappa shape index (κ3) is 25.6. The highest BCUT2D eigenvalue weighted by Crippen LogP contribution is 2.13. The minimum atomic E-state index is -0.953. The molecule has 1 aromatic rings. The van der Waals surface area contributed by atoms with Crippen LogP contribution in [0.15, 0.2) is 30.6 Å². The highest BCUT2D eigenvalue weighted by atomic mass is 35.5. The Morgan fingerprint density at radius 2 is 1.21 bits per heavy atom. The Bertz CT molecular complexity index is 814. The van der Waals surface area contributed by atoms with Gasteiger partial charge in [0.2, 0.25) is 0 Å². The van der Waals surface area contributed by atoms with Gasteiger partial charge in [0.1, 0.15) is 19.8 Å². The first kappa shape index (κ1) is 40.5. The number of hydrogen-bond acceptors (Lipinski definition) is 7. The summed E-state index contributed by atoms with van der Waals surface area (Å²) >= 11 is 0. The number of methoxy groups -OCH3 is 1. The predicted octanol–water partition coefficient (Wildman–Crippen LogP) is 4.44. The summed E-state index contributed by atoms with van der Waals surface area (Å²) in [6.07, 6.45) is 22.9. The van der Waals surface area contributed by atoms with E-state index >= 15 is 0 Å². The smallest absolute Gasteiger partial charge is 0.508 e. The number of aromatic nitrogens is 1. The molecule has 1 heterocycles. The summed E-state index contributed by atoms with van der Waals surface area (Å²) in [6, 6.07) is 5.77. The molecule has 248 valence electrons. The summed E-state index contributed by atoms with van der Waals surface area (Å²) in [5.74, 6) is -0.419. The maximum absolute atomic E-state index is 12.1. The van der Waals surface area contributed by atoms with Crippen LogP contribution in [0.2, 0.25) is 0 Å². The summed E-state index contributed by atoms with van der Waals surface area (Å²) in [4.78, 5) is 35.7. The lowest BCUT2D eigenvalue weighted by Gasteiger charge is -2.17. The monoisotopic (exact) mass is 628 g/mol. The van der Waals surface area contributed by atoms with Gasteiger partial charge in [0.05, 0.1) is 13.5 Å². The molecule has 1 rings (SSSR count). The summed E-state index contributed by atoms with van der Waals surface area (Å²) in [5.41, 5.74) is 0. The first-order valence-corrected chi connectivity index (χ1v) is 16.3. The van der Waals surface area contributed by atoms with Crippen molar-refractivity contribution in [2.24, 2.45) is 0 Å². The number of unbranched alkanes of at least 4 members (excludes halogenated alkanes) is 15. The number of amides is 1. The van der Waals surface area contributed by atoms with E-state index in [1.807, 2.05) is 35.2 Å². The molecule has 9 nitrogen and oxygen atoms in total. The molecule has 0 aliphatic heterocycles. The number of halogens is 1. The molecule has 0 bridgehead atoms. The van der Waals surface area contributed by atoms with Gasteiger partial charge in [-0.3, -0.25) is 4.79 Å². The van der Waals surface area contributed by atoms with E-state index in [9.17, 15) is 14.4 Å². The molecular formula is C33H57ClN2O7. The number of ether oxygens (including phenoxy) is 4. The van der Waals surface area contributed by atoms with Crippen molar-refractivity contribution in [2.75, 3.05) is 26.9 Å². The molecule has 43 heavy (non-hydrogen) atoms. The van der Waals surface area contributed by atoms with Crippen LogP contribution in [0, 0.1) is 0 Å². The fourth-order valence-corrected chi connectivity index (χ4v) is 4.63. The lowest BCUT2D eigenvalue weighted by Crippen LogP contribution is -3.00. The summed E-state index contributed by atoms with van der Waals surface area (Å²) in [5, 5.41) is 2.72. The number of nitrogens with one attached hydrogen (secondary N) is 1. The molecule has 0 aliphatic rings. The number of nitrogens with zero attached hydrogens (tertiary/aromatic N) is 1. The molecule has 1 atom stereocenters. The summed E-state index contributed by atoms with van der Waals surface area (Å²) < 4.78 is 22.0. The zero-order valence-electron chi connectivity index (χ0n) is 26.7. The van der Waals surface area contributed by atoms with Crippen molar-refractivity contribution in [1.29, 1.82) is 0 Å². The minimum Gasteiger partial charge on any atom is -1.00 e. The van der Waals surface area contributed by atoms with Crippen LogP contribution in [-0.2, 0) is 30.3 Å². The van der Waals surface area contributed by atoms with Crippen LogP contribution < -0.4 is 22.3 Å². The Hall–Kier alpha value is -2.55. The van der Waals surface area contributed by atoms with E-state index in [4.69, 9.17) is 14.2 Å². The maximum Gasteiger partial charge on any atom is 0.508 e. The van der Waals surface area contributed by atoms with Crippen molar-refractivity contribution in [3.05, 3.63) is 30.6 Å².